The molecule has 2 aromatic heterocycles. The molecule has 1 saturated heterocycles. The van der Waals surface area contributed by atoms with E-state index >= 15 is 0 Å². The molecule has 2 aromatic rings. The predicted octanol–water partition coefficient (Wildman–Crippen LogP) is 2.47. The molecular formula is C16H19N3OY-2. The summed E-state index contributed by atoms with van der Waals surface area (Å²) in [5.41, 5.74) is 0.699. The van der Waals surface area contributed by atoms with Crippen LogP contribution in [0, 0.1) is 13.0 Å². The maximum Gasteiger partial charge on any atom is 0.140 e. The van der Waals surface area contributed by atoms with Gasteiger partial charge in [0.25, 0.3) is 0 Å². The number of anilines is 1. The first-order valence-corrected chi connectivity index (χ1v) is 6.85. The van der Waals surface area contributed by atoms with E-state index in [9.17, 15) is 4.79 Å². The Morgan fingerprint density at radius 3 is 2.52 bits per heavy atom. The van der Waals surface area contributed by atoms with Gasteiger partial charge < -0.3 is 21.2 Å². The topological polar surface area (TPSA) is 38.1 Å². The van der Waals surface area contributed by atoms with Crippen molar-refractivity contribution < 1.29 is 32.7 Å². The van der Waals surface area contributed by atoms with Gasteiger partial charge in [-0.3, -0.25) is 0 Å². The summed E-state index contributed by atoms with van der Waals surface area (Å²) >= 11 is 0. The second-order valence-corrected chi connectivity index (χ2v) is 4.40. The number of aromatic nitrogens is 2. The van der Waals surface area contributed by atoms with Gasteiger partial charge in [0, 0.05) is 51.5 Å². The summed E-state index contributed by atoms with van der Waals surface area (Å²) in [5, 5.41) is 0. The summed E-state index contributed by atoms with van der Waals surface area (Å²) in [7, 11) is 0. The van der Waals surface area contributed by atoms with Gasteiger partial charge in [0.05, 0.1) is 6.20 Å². The van der Waals surface area contributed by atoms with Crippen LogP contribution in [0.1, 0.15) is 19.8 Å². The van der Waals surface area contributed by atoms with Crippen LogP contribution >= 0.6 is 0 Å². The van der Waals surface area contributed by atoms with Crippen LogP contribution in [0.25, 0.3) is 5.69 Å². The minimum Gasteiger partial charge on any atom is -0.391 e. The number of pyridine rings is 2. The predicted molar refractivity (Wildman–Crippen MR) is 81.1 cm³/mol. The molecule has 0 saturated carbocycles. The Balaban J connectivity index is 0.000000706. The molecular weight excluding hydrogens is 339 g/mol. The van der Waals surface area contributed by atoms with Crippen LogP contribution in [0.3, 0.4) is 0 Å². The maximum absolute atomic E-state index is 11.7. The van der Waals surface area contributed by atoms with E-state index in [2.05, 4.69) is 22.9 Å². The number of hydrogen-bond donors (Lipinski definition) is 0. The quantitative estimate of drug-likeness (QED) is 0.775. The molecule has 1 radical (unpaired) electrons. The normalized spacial score (nSPS) is 13.1. The summed E-state index contributed by atoms with van der Waals surface area (Å²) in [5.74, 6) is 0.992. The van der Waals surface area contributed by atoms with Crippen LogP contribution < -0.4 is 10.5 Å². The van der Waals surface area contributed by atoms with E-state index in [1.165, 1.54) is 18.9 Å². The van der Waals surface area contributed by atoms with Crippen molar-refractivity contribution in [2.75, 3.05) is 18.0 Å². The van der Waals surface area contributed by atoms with E-state index < -0.39 is 0 Å². The largest absolute Gasteiger partial charge is 0.391 e. The van der Waals surface area contributed by atoms with Gasteiger partial charge in [0.1, 0.15) is 11.4 Å². The van der Waals surface area contributed by atoms with Gasteiger partial charge >= 0.3 is 0 Å². The number of rotatable bonds is 2. The first-order valence-electron chi connectivity index (χ1n) is 6.85. The van der Waals surface area contributed by atoms with Gasteiger partial charge in [-0.1, -0.05) is 6.20 Å². The molecule has 0 spiro atoms. The summed E-state index contributed by atoms with van der Waals surface area (Å²) in [6.45, 7) is 7.15. The molecule has 1 fully saturated rings. The Morgan fingerprint density at radius 1 is 1.24 bits per heavy atom. The zero-order valence-electron chi connectivity index (χ0n) is 12.3. The van der Waals surface area contributed by atoms with Gasteiger partial charge in [0.15, 0.2) is 0 Å². The average Bonchev–Trinajstić information content (AvgIpc) is 3.04. The SMILES string of the molecule is O=c1c[c-]ccn1-c1ccc(N2CCCC2)nc1.[CH2-]C.[Y]. The van der Waals surface area contributed by atoms with Crippen LogP contribution in [0.4, 0.5) is 5.82 Å². The Labute approximate surface area is 151 Å². The second kappa shape index (κ2) is 9.11. The third-order valence-corrected chi connectivity index (χ3v) is 3.20. The van der Waals surface area contributed by atoms with Crippen LogP contribution in [0.5, 0.6) is 0 Å². The van der Waals surface area contributed by atoms with Gasteiger partial charge in [-0.25, -0.2) is 4.98 Å². The van der Waals surface area contributed by atoms with Crippen LogP contribution in [-0.4, -0.2) is 22.6 Å². The smallest absolute Gasteiger partial charge is 0.140 e. The first-order chi connectivity index (χ1) is 9.84. The molecule has 0 aliphatic carbocycles. The molecule has 0 N–H and O–H groups in total. The minimum atomic E-state index is -0.0896. The summed E-state index contributed by atoms with van der Waals surface area (Å²) < 4.78 is 1.57. The number of nitrogens with zero attached hydrogens (tertiary/aromatic N) is 3. The Bertz CT molecular complexity index is 589. The molecule has 3 heterocycles. The van der Waals surface area contributed by atoms with Crippen molar-refractivity contribution in [1.29, 1.82) is 0 Å². The van der Waals surface area contributed by atoms with Crippen molar-refractivity contribution >= 4 is 5.82 Å². The Kier molecular flexibility index (Phi) is 7.83. The van der Waals surface area contributed by atoms with E-state index in [1.54, 1.807) is 30.0 Å². The van der Waals surface area contributed by atoms with Crippen LogP contribution in [-0.2, 0) is 32.7 Å². The minimum absolute atomic E-state index is 0. The van der Waals surface area contributed by atoms with Gasteiger partial charge in [0.2, 0.25) is 0 Å². The van der Waals surface area contributed by atoms with E-state index in [4.69, 9.17) is 0 Å². The Morgan fingerprint density at radius 2 is 1.95 bits per heavy atom. The van der Waals surface area contributed by atoms with E-state index in [0.29, 0.717) is 0 Å². The van der Waals surface area contributed by atoms with Crippen LogP contribution in [0.15, 0.2) is 41.5 Å². The summed E-state index contributed by atoms with van der Waals surface area (Å²) in [4.78, 5) is 18.4. The maximum atomic E-state index is 11.7. The van der Waals surface area contributed by atoms with Crippen molar-refractivity contribution in [2.45, 2.75) is 19.8 Å². The standard InChI is InChI=1S/C14H14N3O.C2H5.Y/c18-14-5-1-2-10-17(14)12-6-7-13(15-11-12)16-8-3-4-9-16;1-2;/h2,5-7,10-11H,3-4,8-9H2;1H2,2H3;/q2*-1;. The average molecular weight is 358 g/mol. The van der Waals surface area contributed by atoms with Gasteiger partial charge in [-0.15, -0.1) is 6.07 Å². The monoisotopic (exact) mass is 358 g/mol. The van der Waals surface area contributed by atoms with E-state index in [-0.39, 0.29) is 38.3 Å². The zero-order valence-corrected chi connectivity index (χ0v) is 15.2. The first kappa shape index (κ1) is 18.1. The molecule has 5 heteroatoms. The molecule has 109 valence electrons. The van der Waals surface area contributed by atoms with Crippen molar-refractivity contribution in [3.05, 3.63) is 60.0 Å². The third kappa shape index (κ3) is 4.48. The molecule has 0 bridgehead atoms. The van der Waals surface area contributed by atoms with Crippen molar-refractivity contribution in [2.24, 2.45) is 0 Å². The number of hydrogen-bond acceptors (Lipinski definition) is 3. The molecule has 1 aliphatic heterocycles. The van der Waals surface area contributed by atoms with E-state index in [0.717, 1.165) is 24.6 Å². The van der Waals surface area contributed by atoms with Crippen molar-refractivity contribution in [3.8, 4) is 5.69 Å². The molecule has 0 aromatic carbocycles. The fraction of sp³-hybridized carbons (Fsp3) is 0.312. The Hall–Kier alpha value is -0.996. The van der Waals surface area contributed by atoms with Gasteiger partial charge in [-0.2, -0.15) is 19.1 Å². The molecule has 21 heavy (non-hydrogen) atoms. The summed E-state index contributed by atoms with van der Waals surface area (Å²) in [6.07, 6.45) is 5.92. The molecule has 0 unspecified atom stereocenters. The van der Waals surface area contributed by atoms with Crippen molar-refractivity contribution in [3.63, 3.8) is 0 Å². The van der Waals surface area contributed by atoms with Crippen molar-refractivity contribution in [1.82, 2.24) is 9.55 Å². The van der Waals surface area contributed by atoms with Gasteiger partial charge in [-0.05, 0) is 25.0 Å². The van der Waals surface area contributed by atoms with Crippen LogP contribution in [0.2, 0.25) is 0 Å². The van der Waals surface area contributed by atoms with E-state index in [1.807, 2.05) is 12.1 Å². The molecule has 1 aliphatic rings. The molecule has 3 rings (SSSR count). The second-order valence-electron chi connectivity index (χ2n) is 4.40. The fourth-order valence-electron chi connectivity index (χ4n) is 2.25. The molecule has 0 atom stereocenters. The fourth-order valence-corrected chi connectivity index (χ4v) is 2.25. The third-order valence-electron chi connectivity index (χ3n) is 3.20. The molecule has 4 nitrogen and oxygen atoms in total. The zero-order chi connectivity index (χ0) is 14.4. The molecule has 0 amide bonds. The summed E-state index contributed by atoms with van der Waals surface area (Å²) in [6, 6.07) is 9.82.